The smallest absolute Gasteiger partial charge is 0.317 e. The summed E-state index contributed by atoms with van der Waals surface area (Å²) in [5.41, 5.74) is 0.670. The highest BCUT2D eigenvalue weighted by molar-refractivity contribution is 5.74. The largest absolute Gasteiger partial charge is 0.383 e. The number of likely N-dealkylation sites (tertiary alicyclic amines) is 1. The first-order valence-corrected chi connectivity index (χ1v) is 9.91. The van der Waals surface area contributed by atoms with Crippen LogP contribution in [-0.4, -0.2) is 86.8 Å². The maximum atomic E-state index is 14.4. The number of carbonyl (C=O) groups excluding carboxylic acids is 1. The predicted molar refractivity (Wildman–Crippen MR) is 103 cm³/mol. The summed E-state index contributed by atoms with van der Waals surface area (Å²) >= 11 is 0. The van der Waals surface area contributed by atoms with Crippen LogP contribution in [0.4, 0.5) is 9.18 Å². The molecule has 27 heavy (non-hydrogen) atoms. The standard InChI is InChI=1S/C20H31FN4O2/c1-27-15-14-23-10-12-25(13-11-23)20(26)22-16-19(24-8-4-5-9-24)17-6-2-3-7-18(17)21/h2-3,6-7,19H,4-5,8-16H2,1H3,(H,22,26)/t19-/m1/s1. The van der Waals surface area contributed by atoms with E-state index in [-0.39, 0.29) is 17.9 Å². The van der Waals surface area contributed by atoms with Gasteiger partial charge in [-0.2, -0.15) is 0 Å². The van der Waals surface area contributed by atoms with E-state index >= 15 is 0 Å². The van der Waals surface area contributed by atoms with Crippen LogP contribution < -0.4 is 5.32 Å². The summed E-state index contributed by atoms with van der Waals surface area (Å²) in [6.45, 7) is 7.10. The topological polar surface area (TPSA) is 48.1 Å². The molecule has 0 aromatic heterocycles. The normalized spacial score (nSPS) is 20.0. The van der Waals surface area contributed by atoms with Gasteiger partial charge in [0.25, 0.3) is 0 Å². The van der Waals surface area contributed by atoms with E-state index in [2.05, 4.69) is 15.1 Å². The Kier molecular flexibility index (Phi) is 7.43. The summed E-state index contributed by atoms with van der Waals surface area (Å²) in [4.78, 5) is 19.1. The minimum Gasteiger partial charge on any atom is -0.383 e. The Morgan fingerprint density at radius 3 is 2.52 bits per heavy atom. The van der Waals surface area contributed by atoms with E-state index in [4.69, 9.17) is 4.74 Å². The molecule has 6 nitrogen and oxygen atoms in total. The molecule has 0 radical (unpaired) electrons. The highest BCUT2D eigenvalue weighted by Crippen LogP contribution is 2.26. The van der Waals surface area contributed by atoms with E-state index in [9.17, 15) is 9.18 Å². The van der Waals surface area contributed by atoms with E-state index < -0.39 is 0 Å². The van der Waals surface area contributed by atoms with Crippen molar-refractivity contribution < 1.29 is 13.9 Å². The molecule has 1 aromatic carbocycles. The Bertz CT molecular complexity index is 601. The number of urea groups is 1. The SMILES string of the molecule is COCCN1CCN(C(=O)NC[C@H](c2ccccc2F)N2CCCC2)CC1. The second-order valence-corrected chi connectivity index (χ2v) is 7.29. The molecule has 0 spiro atoms. The van der Waals surface area contributed by atoms with Gasteiger partial charge in [0.2, 0.25) is 0 Å². The number of hydrogen-bond donors (Lipinski definition) is 1. The molecule has 2 aliphatic rings. The van der Waals surface area contributed by atoms with Crippen LogP contribution >= 0.6 is 0 Å². The van der Waals surface area contributed by atoms with Crippen molar-refractivity contribution >= 4 is 6.03 Å². The number of benzene rings is 1. The summed E-state index contributed by atoms with van der Waals surface area (Å²) in [7, 11) is 1.70. The Morgan fingerprint density at radius 1 is 1.15 bits per heavy atom. The van der Waals surface area contributed by atoms with Crippen molar-refractivity contribution in [2.45, 2.75) is 18.9 Å². The lowest BCUT2D eigenvalue weighted by atomic mass is 10.0. The highest BCUT2D eigenvalue weighted by Gasteiger charge is 2.27. The average Bonchev–Trinajstić information content (AvgIpc) is 3.22. The Hall–Kier alpha value is -1.70. The highest BCUT2D eigenvalue weighted by atomic mass is 19.1. The number of rotatable bonds is 7. The van der Waals surface area contributed by atoms with Crippen LogP contribution in [0.15, 0.2) is 24.3 Å². The first-order chi connectivity index (χ1) is 13.2. The van der Waals surface area contributed by atoms with E-state index in [1.807, 2.05) is 17.0 Å². The summed E-state index contributed by atoms with van der Waals surface area (Å²) < 4.78 is 19.5. The fraction of sp³-hybridized carbons (Fsp3) is 0.650. The van der Waals surface area contributed by atoms with Crippen molar-refractivity contribution in [2.75, 3.05) is 66.1 Å². The molecular formula is C20H31FN4O2. The molecule has 0 bridgehead atoms. The molecule has 1 aromatic rings. The van der Waals surface area contributed by atoms with Crippen molar-refractivity contribution in [3.8, 4) is 0 Å². The molecule has 1 N–H and O–H groups in total. The van der Waals surface area contributed by atoms with Gasteiger partial charge in [0, 0.05) is 51.9 Å². The molecule has 2 amide bonds. The fourth-order valence-electron chi connectivity index (χ4n) is 3.93. The van der Waals surface area contributed by atoms with Crippen LogP contribution in [0, 0.1) is 5.82 Å². The molecule has 150 valence electrons. The van der Waals surface area contributed by atoms with Crippen molar-refractivity contribution in [3.63, 3.8) is 0 Å². The molecule has 2 aliphatic heterocycles. The number of carbonyl (C=O) groups is 1. The number of nitrogens with zero attached hydrogens (tertiary/aromatic N) is 3. The molecule has 0 saturated carbocycles. The zero-order valence-electron chi connectivity index (χ0n) is 16.2. The van der Waals surface area contributed by atoms with Crippen molar-refractivity contribution in [1.29, 1.82) is 0 Å². The molecule has 2 heterocycles. The molecule has 2 saturated heterocycles. The third-order valence-electron chi connectivity index (χ3n) is 5.56. The minimum atomic E-state index is -0.199. The maximum Gasteiger partial charge on any atom is 0.317 e. The summed E-state index contributed by atoms with van der Waals surface area (Å²) in [6.07, 6.45) is 2.25. The Morgan fingerprint density at radius 2 is 1.85 bits per heavy atom. The maximum absolute atomic E-state index is 14.4. The zero-order valence-corrected chi connectivity index (χ0v) is 16.2. The van der Waals surface area contributed by atoms with Gasteiger partial charge >= 0.3 is 6.03 Å². The average molecular weight is 378 g/mol. The third-order valence-corrected chi connectivity index (χ3v) is 5.56. The van der Waals surface area contributed by atoms with Gasteiger partial charge in [-0.15, -0.1) is 0 Å². The van der Waals surface area contributed by atoms with Crippen LogP contribution in [0.2, 0.25) is 0 Å². The van der Waals surface area contributed by atoms with Gasteiger partial charge < -0.3 is 15.0 Å². The van der Waals surface area contributed by atoms with E-state index in [0.717, 1.165) is 45.6 Å². The van der Waals surface area contributed by atoms with Gasteiger partial charge in [-0.25, -0.2) is 9.18 Å². The van der Waals surface area contributed by atoms with Gasteiger partial charge in [0.05, 0.1) is 12.6 Å². The van der Waals surface area contributed by atoms with Crippen molar-refractivity contribution in [2.24, 2.45) is 0 Å². The van der Waals surface area contributed by atoms with Gasteiger partial charge in [0.15, 0.2) is 0 Å². The summed E-state index contributed by atoms with van der Waals surface area (Å²) in [6, 6.07) is 6.74. The van der Waals surface area contributed by atoms with Gasteiger partial charge in [-0.1, -0.05) is 18.2 Å². The van der Waals surface area contributed by atoms with Crippen LogP contribution in [0.5, 0.6) is 0 Å². The van der Waals surface area contributed by atoms with E-state index in [0.29, 0.717) is 31.8 Å². The van der Waals surface area contributed by atoms with Crippen LogP contribution in [0.3, 0.4) is 0 Å². The van der Waals surface area contributed by atoms with Crippen molar-refractivity contribution in [1.82, 2.24) is 20.0 Å². The molecule has 1 atom stereocenters. The number of ether oxygens (including phenoxy) is 1. The number of amides is 2. The monoisotopic (exact) mass is 378 g/mol. The number of methoxy groups -OCH3 is 1. The lowest BCUT2D eigenvalue weighted by molar-refractivity contribution is 0.105. The molecule has 0 unspecified atom stereocenters. The molecule has 0 aliphatic carbocycles. The molecule has 7 heteroatoms. The second-order valence-electron chi connectivity index (χ2n) is 7.29. The number of piperazine rings is 1. The minimum absolute atomic E-state index is 0.0538. The van der Waals surface area contributed by atoms with Gasteiger partial charge in [-0.05, 0) is 32.0 Å². The van der Waals surface area contributed by atoms with E-state index in [1.54, 1.807) is 13.2 Å². The quantitative estimate of drug-likeness (QED) is 0.788. The van der Waals surface area contributed by atoms with Crippen molar-refractivity contribution in [3.05, 3.63) is 35.6 Å². The lowest BCUT2D eigenvalue weighted by Gasteiger charge is -2.35. The van der Waals surface area contributed by atoms with Crippen LogP contribution in [0.25, 0.3) is 0 Å². The first kappa shape index (κ1) is 20.0. The van der Waals surface area contributed by atoms with Crippen LogP contribution in [0.1, 0.15) is 24.4 Å². The number of nitrogens with one attached hydrogen (secondary N) is 1. The summed E-state index contributed by atoms with van der Waals surface area (Å²) in [5.74, 6) is -0.199. The van der Waals surface area contributed by atoms with E-state index in [1.165, 1.54) is 6.07 Å². The fourth-order valence-corrected chi connectivity index (χ4v) is 3.93. The predicted octanol–water partition coefficient (Wildman–Crippen LogP) is 1.94. The second kappa shape index (κ2) is 10.0. The lowest BCUT2D eigenvalue weighted by Crippen LogP contribution is -2.53. The molecule has 3 rings (SSSR count). The Labute approximate surface area is 161 Å². The zero-order chi connectivity index (χ0) is 19.1. The Balaban J connectivity index is 1.54. The van der Waals surface area contributed by atoms with Gasteiger partial charge in [-0.3, -0.25) is 9.80 Å². The number of halogens is 1. The molecule has 2 fully saturated rings. The number of hydrogen-bond acceptors (Lipinski definition) is 4. The summed E-state index contributed by atoms with van der Waals surface area (Å²) in [5, 5.41) is 3.05. The first-order valence-electron chi connectivity index (χ1n) is 9.91. The molecular weight excluding hydrogens is 347 g/mol. The third kappa shape index (κ3) is 5.40. The van der Waals surface area contributed by atoms with Gasteiger partial charge in [0.1, 0.15) is 5.82 Å². The van der Waals surface area contributed by atoms with Crippen LogP contribution in [-0.2, 0) is 4.74 Å².